The third-order valence-corrected chi connectivity index (χ3v) is 3.82. The van der Waals surface area contributed by atoms with Gasteiger partial charge in [-0.3, -0.25) is 9.59 Å². The van der Waals surface area contributed by atoms with Crippen LogP contribution in [0.2, 0.25) is 0 Å². The number of hydrogen-bond donors (Lipinski definition) is 1. The maximum absolute atomic E-state index is 12.5. The Kier molecular flexibility index (Phi) is 4.77. The molecule has 1 heterocycles. The molecule has 2 unspecified atom stereocenters. The van der Waals surface area contributed by atoms with E-state index in [2.05, 4.69) is 17.4 Å². The molecule has 2 rings (SSSR count). The maximum atomic E-state index is 12.5. The van der Waals surface area contributed by atoms with Crippen molar-refractivity contribution in [3.63, 3.8) is 0 Å². The van der Waals surface area contributed by atoms with Gasteiger partial charge in [0.15, 0.2) is 0 Å². The molecule has 0 spiro atoms. The molecule has 1 saturated heterocycles. The van der Waals surface area contributed by atoms with Crippen LogP contribution in [0.15, 0.2) is 30.3 Å². The number of nitrogens with zero attached hydrogens (tertiary/aromatic N) is 1. The minimum atomic E-state index is -0.372. The van der Waals surface area contributed by atoms with Gasteiger partial charge in [0.1, 0.15) is 6.04 Å². The first-order valence-corrected chi connectivity index (χ1v) is 7.25. The Hall–Kier alpha value is -1.84. The molecule has 0 bridgehead atoms. The molecule has 20 heavy (non-hydrogen) atoms. The zero-order valence-electron chi connectivity index (χ0n) is 12.1. The Morgan fingerprint density at radius 2 is 1.95 bits per heavy atom. The molecule has 2 amide bonds. The van der Waals surface area contributed by atoms with E-state index in [1.165, 1.54) is 5.56 Å². The average molecular weight is 274 g/mol. The third-order valence-electron chi connectivity index (χ3n) is 3.82. The lowest BCUT2D eigenvalue weighted by molar-refractivity contribution is -0.134. The van der Waals surface area contributed by atoms with Gasteiger partial charge in [-0.25, -0.2) is 0 Å². The number of carbonyl (C=O) groups excluding carboxylic acids is 2. The van der Waals surface area contributed by atoms with Crippen molar-refractivity contribution >= 4 is 11.8 Å². The van der Waals surface area contributed by atoms with Gasteiger partial charge < -0.3 is 10.2 Å². The summed E-state index contributed by atoms with van der Waals surface area (Å²) in [5.41, 5.74) is 1.21. The van der Waals surface area contributed by atoms with E-state index in [4.69, 9.17) is 0 Å². The number of carbonyl (C=O) groups is 2. The van der Waals surface area contributed by atoms with Gasteiger partial charge in [0.05, 0.1) is 0 Å². The highest BCUT2D eigenvalue weighted by Crippen LogP contribution is 2.14. The van der Waals surface area contributed by atoms with Crippen molar-refractivity contribution in [3.05, 3.63) is 35.9 Å². The first-order valence-electron chi connectivity index (χ1n) is 7.25. The Labute approximate surface area is 120 Å². The van der Waals surface area contributed by atoms with Crippen LogP contribution in [0.3, 0.4) is 0 Å². The molecule has 1 aromatic rings. The smallest absolute Gasteiger partial charge is 0.245 e. The fourth-order valence-corrected chi connectivity index (χ4v) is 2.61. The molecule has 4 nitrogen and oxygen atoms in total. The van der Waals surface area contributed by atoms with Gasteiger partial charge >= 0.3 is 0 Å². The highest BCUT2D eigenvalue weighted by molar-refractivity contribution is 5.90. The van der Waals surface area contributed by atoms with E-state index in [1.807, 2.05) is 36.9 Å². The summed E-state index contributed by atoms with van der Waals surface area (Å²) in [5, 5.41) is 2.81. The molecule has 0 aliphatic carbocycles. The van der Waals surface area contributed by atoms with E-state index < -0.39 is 0 Å². The minimum absolute atomic E-state index is 0.0279. The van der Waals surface area contributed by atoms with Crippen LogP contribution in [0.5, 0.6) is 0 Å². The van der Waals surface area contributed by atoms with Crippen molar-refractivity contribution in [1.82, 2.24) is 10.2 Å². The normalized spacial score (nSPS) is 23.4. The van der Waals surface area contributed by atoms with Crippen LogP contribution in [0.1, 0.15) is 32.3 Å². The second kappa shape index (κ2) is 6.55. The van der Waals surface area contributed by atoms with Gasteiger partial charge in [-0.2, -0.15) is 0 Å². The molecule has 1 N–H and O–H groups in total. The average Bonchev–Trinajstić information content (AvgIpc) is 2.55. The molecular formula is C16H22N2O2. The summed E-state index contributed by atoms with van der Waals surface area (Å²) in [6, 6.07) is 9.71. The molecule has 1 aliphatic heterocycles. The number of amides is 2. The summed E-state index contributed by atoms with van der Waals surface area (Å²) in [6.07, 6.45) is 1.84. The Balaban J connectivity index is 2.07. The lowest BCUT2D eigenvalue weighted by Gasteiger charge is -2.28. The summed E-state index contributed by atoms with van der Waals surface area (Å²) >= 11 is 0. The summed E-state index contributed by atoms with van der Waals surface area (Å²) in [4.78, 5) is 26.0. The molecule has 0 saturated carbocycles. The number of benzene rings is 1. The Morgan fingerprint density at radius 3 is 2.60 bits per heavy atom. The van der Waals surface area contributed by atoms with E-state index in [9.17, 15) is 9.59 Å². The van der Waals surface area contributed by atoms with Crippen LogP contribution in [0.4, 0.5) is 0 Å². The van der Waals surface area contributed by atoms with Gasteiger partial charge in [0.25, 0.3) is 0 Å². The summed E-state index contributed by atoms with van der Waals surface area (Å²) < 4.78 is 0. The molecule has 1 aromatic carbocycles. The third kappa shape index (κ3) is 3.38. The molecule has 1 fully saturated rings. The molecule has 2 atom stereocenters. The van der Waals surface area contributed by atoms with Gasteiger partial charge in [-0.05, 0) is 25.3 Å². The lowest BCUT2D eigenvalue weighted by atomic mass is 10.1. The van der Waals surface area contributed by atoms with Gasteiger partial charge in [-0.15, -0.1) is 0 Å². The van der Waals surface area contributed by atoms with Gasteiger partial charge in [0.2, 0.25) is 11.8 Å². The number of rotatable bonds is 4. The van der Waals surface area contributed by atoms with E-state index in [0.29, 0.717) is 19.4 Å². The number of nitrogens with one attached hydrogen (secondary N) is 1. The van der Waals surface area contributed by atoms with E-state index in [1.54, 1.807) is 0 Å². The largest absolute Gasteiger partial charge is 0.344 e. The lowest BCUT2D eigenvalue weighted by Crippen LogP contribution is -2.46. The van der Waals surface area contributed by atoms with Crippen LogP contribution < -0.4 is 5.32 Å². The zero-order chi connectivity index (χ0) is 14.5. The SMILES string of the molecule is CCC1NC(=O)CC(C)N(CCc2ccccc2)C1=O. The summed E-state index contributed by atoms with van der Waals surface area (Å²) in [6.45, 7) is 4.53. The highest BCUT2D eigenvalue weighted by atomic mass is 16.2. The van der Waals surface area contributed by atoms with Gasteiger partial charge in [0, 0.05) is 19.0 Å². The quantitative estimate of drug-likeness (QED) is 0.909. The van der Waals surface area contributed by atoms with Gasteiger partial charge in [-0.1, -0.05) is 37.3 Å². The molecule has 0 aromatic heterocycles. The molecule has 108 valence electrons. The standard InChI is InChI=1S/C16H22N2O2/c1-3-14-16(20)18(12(2)11-15(19)17-14)10-9-13-7-5-4-6-8-13/h4-8,12,14H,3,9-11H2,1-2H3,(H,17,19). The van der Waals surface area contributed by atoms with Crippen LogP contribution in [-0.2, 0) is 16.0 Å². The predicted octanol–water partition coefficient (Wildman–Crippen LogP) is 1.74. The molecule has 1 aliphatic rings. The van der Waals surface area contributed by atoms with Crippen LogP contribution in [0, 0.1) is 0 Å². The molecular weight excluding hydrogens is 252 g/mol. The fourth-order valence-electron chi connectivity index (χ4n) is 2.61. The van der Waals surface area contributed by atoms with Crippen molar-refractivity contribution in [2.45, 2.75) is 45.2 Å². The topological polar surface area (TPSA) is 49.4 Å². The van der Waals surface area contributed by atoms with Crippen molar-refractivity contribution in [1.29, 1.82) is 0 Å². The minimum Gasteiger partial charge on any atom is -0.344 e. The van der Waals surface area contributed by atoms with Crippen LogP contribution in [0.25, 0.3) is 0 Å². The van der Waals surface area contributed by atoms with Crippen LogP contribution in [-0.4, -0.2) is 35.3 Å². The first-order chi connectivity index (χ1) is 9.61. The van der Waals surface area contributed by atoms with E-state index >= 15 is 0 Å². The molecule has 0 radical (unpaired) electrons. The fraction of sp³-hybridized carbons (Fsp3) is 0.500. The zero-order valence-corrected chi connectivity index (χ0v) is 12.1. The second-order valence-electron chi connectivity index (χ2n) is 5.35. The van der Waals surface area contributed by atoms with Crippen LogP contribution >= 0.6 is 0 Å². The summed E-state index contributed by atoms with van der Waals surface area (Å²) in [5.74, 6) is 0.0155. The maximum Gasteiger partial charge on any atom is 0.245 e. The van der Waals surface area contributed by atoms with Crippen molar-refractivity contribution in [2.75, 3.05) is 6.54 Å². The van der Waals surface area contributed by atoms with Crippen molar-refractivity contribution in [2.24, 2.45) is 0 Å². The monoisotopic (exact) mass is 274 g/mol. The van der Waals surface area contributed by atoms with E-state index in [0.717, 1.165) is 6.42 Å². The Morgan fingerprint density at radius 1 is 1.25 bits per heavy atom. The Bertz CT molecular complexity index is 473. The van der Waals surface area contributed by atoms with Crippen molar-refractivity contribution < 1.29 is 9.59 Å². The predicted molar refractivity (Wildman–Crippen MR) is 78.2 cm³/mol. The first kappa shape index (κ1) is 14.6. The molecule has 4 heteroatoms. The van der Waals surface area contributed by atoms with E-state index in [-0.39, 0.29) is 23.9 Å². The number of hydrogen-bond acceptors (Lipinski definition) is 2. The van der Waals surface area contributed by atoms with Crippen molar-refractivity contribution in [3.8, 4) is 0 Å². The second-order valence-corrected chi connectivity index (χ2v) is 5.35. The highest BCUT2D eigenvalue weighted by Gasteiger charge is 2.32. The summed E-state index contributed by atoms with van der Waals surface area (Å²) in [7, 11) is 0.